The Kier molecular flexibility index (Phi) is 28.7. The molecule has 16 nitrogen and oxygen atoms in total. The van der Waals surface area contributed by atoms with Crippen LogP contribution in [0.4, 0.5) is 0 Å². The van der Waals surface area contributed by atoms with E-state index < -0.39 is 23.8 Å². The Balaban J connectivity index is 1.70. The second-order valence-electron chi connectivity index (χ2n) is 13.8. The highest BCUT2D eigenvalue weighted by Gasteiger charge is 2.24. The number of methoxy groups -OCH3 is 2. The van der Waals surface area contributed by atoms with Crippen molar-refractivity contribution in [3.05, 3.63) is 71.3 Å². The number of likely N-dealkylation sites (N-methyl/N-ethyl adjacent to an activating group) is 1. The quantitative estimate of drug-likeness (QED) is 0.0693. The molecule has 0 heterocycles. The van der Waals surface area contributed by atoms with Crippen LogP contribution in [0.15, 0.2) is 54.6 Å². The third kappa shape index (κ3) is 26.3. The Morgan fingerprint density at radius 3 is 1.80 bits per heavy atom. The molecule has 0 fully saturated rings. The first-order valence-corrected chi connectivity index (χ1v) is 20.4. The Morgan fingerprint density at radius 1 is 0.610 bits per heavy atom. The van der Waals surface area contributed by atoms with Crippen molar-refractivity contribution >= 4 is 29.6 Å². The summed E-state index contributed by atoms with van der Waals surface area (Å²) in [6.07, 6.45) is 5.86. The van der Waals surface area contributed by atoms with Crippen LogP contribution in [0, 0.1) is 0 Å². The summed E-state index contributed by atoms with van der Waals surface area (Å²) >= 11 is 0. The Bertz CT molecular complexity index is 1450. The van der Waals surface area contributed by atoms with Gasteiger partial charge in [0.1, 0.15) is 19.3 Å². The zero-order valence-corrected chi connectivity index (χ0v) is 35.2. The summed E-state index contributed by atoms with van der Waals surface area (Å²) < 4.78 is 31.1. The molecular weight excluding hydrogens is 764 g/mol. The number of nitrogens with one attached hydrogen (secondary N) is 3. The van der Waals surface area contributed by atoms with Gasteiger partial charge in [0.05, 0.1) is 59.3 Å². The fourth-order valence-corrected chi connectivity index (χ4v) is 5.65. The molecule has 0 unspecified atom stereocenters. The largest absolute Gasteiger partial charge is 0.382 e. The monoisotopic (exact) mass is 830 g/mol. The fraction of sp³-hybridized carbons (Fsp3) is 0.605. The van der Waals surface area contributed by atoms with Gasteiger partial charge in [-0.3, -0.25) is 19.2 Å². The van der Waals surface area contributed by atoms with E-state index in [4.69, 9.17) is 33.3 Å². The van der Waals surface area contributed by atoms with E-state index in [1.54, 1.807) is 21.3 Å². The number of amides is 4. The number of rotatable bonds is 34. The molecule has 2 aromatic carbocycles. The van der Waals surface area contributed by atoms with Crippen LogP contribution < -0.4 is 16.1 Å². The number of benzene rings is 2. The lowest BCUT2D eigenvalue weighted by Gasteiger charge is -2.25. The molecule has 2 aromatic rings. The van der Waals surface area contributed by atoms with E-state index in [0.717, 1.165) is 31.2 Å². The number of ether oxygens (including phenoxy) is 6. The third-order valence-corrected chi connectivity index (χ3v) is 8.89. The SMILES string of the molecule is COCCOCCOCC(=O)NCCCC[C@H](NC(=O)COCCOCCOC)C(=O)N(C)CCCC(=O)ONC(=O)Cc1ccc(CCCCc2ccccc2)cc1. The number of hydrogen-bond donors (Lipinski definition) is 3. The van der Waals surface area contributed by atoms with Crippen molar-refractivity contribution < 1.29 is 57.2 Å². The van der Waals surface area contributed by atoms with Gasteiger partial charge in [-0.2, -0.15) is 5.48 Å². The summed E-state index contributed by atoms with van der Waals surface area (Å²) in [6, 6.07) is 17.4. The van der Waals surface area contributed by atoms with E-state index in [1.807, 2.05) is 30.3 Å². The molecule has 0 radical (unpaired) electrons. The van der Waals surface area contributed by atoms with Gasteiger partial charge in [0.15, 0.2) is 0 Å². The van der Waals surface area contributed by atoms with Gasteiger partial charge in [-0.1, -0.05) is 54.6 Å². The summed E-state index contributed by atoms with van der Waals surface area (Å²) in [5, 5.41) is 5.53. The first-order chi connectivity index (χ1) is 28.7. The van der Waals surface area contributed by atoms with E-state index in [-0.39, 0.29) is 70.7 Å². The summed E-state index contributed by atoms with van der Waals surface area (Å²) in [7, 11) is 4.74. The maximum atomic E-state index is 13.4. The van der Waals surface area contributed by atoms with E-state index in [1.165, 1.54) is 16.0 Å². The molecule has 59 heavy (non-hydrogen) atoms. The van der Waals surface area contributed by atoms with Gasteiger partial charge in [0.25, 0.3) is 5.91 Å². The molecule has 4 amide bonds. The van der Waals surface area contributed by atoms with Crippen LogP contribution in [0.2, 0.25) is 0 Å². The van der Waals surface area contributed by atoms with Crippen LogP contribution in [0.25, 0.3) is 0 Å². The molecule has 3 N–H and O–H groups in total. The molecule has 1 atom stereocenters. The van der Waals surface area contributed by atoms with Gasteiger partial charge in [-0.05, 0) is 68.1 Å². The molecule has 0 bridgehead atoms. The van der Waals surface area contributed by atoms with Gasteiger partial charge in [0.2, 0.25) is 17.7 Å². The Morgan fingerprint density at radius 2 is 1.17 bits per heavy atom. The molecule has 16 heteroatoms. The molecule has 0 aromatic heterocycles. The van der Waals surface area contributed by atoms with E-state index in [0.29, 0.717) is 58.8 Å². The second kappa shape index (κ2) is 33.4. The van der Waals surface area contributed by atoms with Gasteiger partial charge < -0.3 is 48.8 Å². The predicted molar refractivity (Wildman–Crippen MR) is 220 cm³/mol. The van der Waals surface area contributed by atoms with Gasteiger partial charge >= 0.3 is 5.97 Å². The molecule has 0 aliphatic heterocycles. The highest BCUT2D eigenvalue weighted by Crippen LogP contribution is 2.12. The molecule has 0 aliphatic rings. The molecule has 330 valence electrons. The van der Waals surface area contributed by atoms with Crippen molar-refractivity contribution in [2.75, 3.05) is 100 Å². The number of nitrogens with zero attached hydrogens (tertiary/aromatic N) is 1. The van der Waals surface area contributed by atoms with E-state index in [9.17, 15) is 24.0 Å². The number of carbonyl (C=O) groups excluding carboxylic acids is 5. The Labute approximate surface area is 349 Å². The molecule has 2 rings (SSSR count). The summed E-state index contributed by atoms with van der Waals surface area (Å²) in [6.45, 7) is 3.13. The summed E-state index contributed by atoms with van der Waals surface area (Å²) in [4.78, 5) is 69.5. The number of hydrogen-bond acceptors (Lipinski definition) is 12. The van der Waals surface area contributed by atoms with Crippen LogP contribution >= 0.6 is 0 Å². The van der Waals surface area contributed by atoms with Crippen LogP contribution in [0.5, 0.6) is 0 Å². The van der Waals surface area contributed by atoms with Crippen molar-refractivity contribution in [2.45, 2.75) is 70.3 Å². The van der Waals surface area contributed by atoms with Crippen molar-refractivity contribution in [3.8, 4) is 0 Å². The first-order valence-electron chi connectivity index (χ1n) is 20.4. The van der Waals surface area contributed by atoms with Crippen LogP contribution in [0.3, 0.4) is 0 Å². The first kappa shape index (κ1) is 50.7. The van der Waals surface area contributed by atoms with Gasteiger partial charge in [-0.15, -0.1) is 0 Å². The van der Waals surface area contributed by atoms with Crippen LogP contribution in [-0.4, -0.2) is 141 Å². The van der Waals surface area contributed by atoms with Gasteiger partial charge in [0, 0.05) is 40.8 Å². The molecule has 0 spiro atoms. The maximum Gasteiger partial charge on any atom is 0.332 e. The highest BCUT2D eigenvalue weighted by molar-refractivity contribution is 5.88. The predicted octanol–water partition coefficient (Wildman–Crippen LogP) is 2.74. The average molecular weight is 831 g/mol. The lowest BCUT2D eigenvalue weighted by molar-refractivity contribution is -0.158. The van der Waals surface area contributed by atoms with Gasteiger partial charge in [-0.25, -0.2) is 4.79 Å². The normalized spacial score (nSPS) is 11.4. The lowest BCUT2D eigenvalue weighted by Crippen LogP contribution is -2.48. The minimum Gasteiger partial charge on any atom is -0.382 e. The second-order valence-corrected chi connectivity index (χ2v) is 13.8. The highest BCUT2D eigenvalue weighted by atomic mass is 16.7. The van der Waals surface area contributed by atoms with Crippen molar-refractivity contribution in [2.24, 2.45) is 0 Å². The van der Waals surface area contributed by atoms with Crippen LogP contribution in [0.1, 0.15) is 61.6 Å². The third-order valence-electron chi connectivity index (χ3n) is 8.89. The smallest absolute Gasteiger partial charge is 0.332 e. The summed E-state index contributed by atoms with van der Waals surface area (Å²) in [5.41, 5.74) is 5.56. The number of hydroxylamine groups is 1. The standard InChI is InChI=1S/C43H66N4O12/c1-47(23-11-17-42(51)59-46-39(48)32-37-20-18-36(19-21-37)15-8-7-14-35-12-5-4-6-13-35)43(52)38(45-41(50)34-58-31-29-56-27-25-54-3)16-9-10-22-44-40(49)33-57-30-28-55-26-24-53-2/h4-6,12-13,18-21,38H,7-11,14-17,22-34H2,1-3H3,(H,44,49)(H,45,50)(H,46,48)/t38-/m0/s1. The maximum absolute atomic E-state index is 13.4. The van der Waals surface area contributed by atoms with Crippen molar-refractivity contribution in [1.82, 2.24) is 21.0 Å². The molecule has 0 saturated heterocycles. The average Bonchev–Trinajstić information content (AvgIpc) is 3.24. The van der Waals surface area contributed by atoms with E-state index >= 15 is 0 Å². The number of aryl methyl sites for hydroxylation is 2. The van der Waals surface area contributed by atoms with Crippen LogP contribution in [-0.2, 0) is 76.5 Å². The zero-order chi connectivity index (χ0) is 42.8. The fourth-order valence-electron chi connectivity index (χ4n) is 5.65. The lowest BCUT2D eigenvalue weighted by atomic mass is 10.0. The number of carbonyl (C=O) groups is 5. The number of unbranched alkanes of at least 4 members (excludes halogenated alkanes) is 2. The Hall–Kier alpha value is -4.45. The molecule has 0 saturated carbocycles. The summed E-state index contributed by atoms with van der Waals surface area (Å²) in [5.74, 6) is -2.16. The molecule has 0 aliphatic carbocycles. The zero-order valence-electron chi connectivity index (χ0n) is 35.2. The van der Waals surface area contributed by atoms with E-state index in [2.05, 4.69) is 40.4 Å². The minimum atomic E-state index is -0.855. The minimum absolute atomic E-state index is 0.0432. The topological polar surface area (TPSA) is 189 Å². The van der Waals surface area contributed by atoms with Crippen molar-refractivity contribution in [3.63, 3.8) is 0 Å². The van der Waals surface area contributed by atoms with Crippen molar-refractivity contribution in [1.29, 1.82) is 0 Å². The molecular formula is C43H66N4O12.